The Morgan fingerprint density at radius 1 is 1.07 bits per heavy atom. The van der Waals surface area contributed by atoms with Gasteiger partial charge in [-0.25, -0.2) is 0 Å². The standard InChI is InChI=1S/C25H29NO4/c1-15(2)17-10-12-18(13-11-17)22-21(23(27)16(3)4)24(28)25(29)26(22)14-19-8-6-7-9-20(19)30-5/h6-13,15-16,22,28H,14H2,1-5H3. The Kier molecular flexibility index (Phi) is 6.30. The predicted molar refractivity (Wildman–Crippen MR) is 116 cm³/mol. The lowest BCUT2D eigenvalue weighted by Crippen LogP contribution is -2.31. The van der Waals surface area contributed by atoms with Gasteiger partial charge in [-0.1, -0.05) is 70.2 Å². The van der Waals surface area contributed by atoms with Gasteiger partial charge in [-0.05, 0) is 23.1 Å². The van der Waals surface area contributed by atoms with E-state index in [1.807, 2.05) is 48.5 Å². The summed E-state index contributed by atoms with van der Waals surface area (Å²) in [5, 5.41) is 10.7. The molecule has 1 aliphatic heterocycles. The molecule has 30 heavy (non-hydrogen) atoms. The molecule has 0 saturated heterocycles. The minimum atomic E-state index is -0.640. The summed E-state index contributed by atoms with van der Waals surface area (Å²) in [7, 11) is 1.58. The molecular weight excluding hydrogens is 378 g/mol. The number of benzene rings is 2. The van der Waals surface area contributed by atoms with E-state index in [4.69, 9.17) is 4.74 Å². The van der Waals surface area contributed by atoms with Crippen LogP contribution in [0.4, 0.5) is 0 Å². The van der Waals surface area contributed by atoms with Crippen LogP contribution in [0.15, 0.2) is 59.9 Å². The molecule has 0 spiro atoms. The number of rotatable bonds is 7. The van der Waals surface area contributed by atoms with Crippen LogP contribution < -0.4 is 4.74 Å². The molecule has 1 aliphatic rings. The summed E-state index contributed by atoms with van der Waals surface area (Å²) in [6, 6.07) is 14.7. The van der Waals surface area contributed by atoms with Gasteiger partial charge in [0.1, 0.15) is 5.75 Å². The van der Waals surface area contributed by atoms with Crippen LogP contribution in [0.5, 0.6) is 5.75 Å². The molecule has 158 valence electrons. The fourth-order valence-corrected chi connectivity index (χ4v) is 3.81. The number of carbonyl (C=O) groups is 2. The Bertz CT molecular complexity index is 973. The van der Waals surface area contributed by atoms with Gasteiger partial charge in [-0.2, -0.15) is 0 Å². The fourth-order valence-electron chi connectivity index (χ4n) is 3.81. The minimum Gasteiger partial charge on any atom is -0.503 e. The van der Waals surface area contributed by atoms with Gasteiger partial charge in [0.2, 0.25) is 0 Å². The second kappa shape index (κ2) is 8.74. The summed E-state index contributed by atoms with van der Waals surface area (Å²) < 4.78 is 5.43. The van der Waals surface area contributed by atoms with Crippen molar-refractivity contribution in [1.82, 2.24) is 4.90 Å². The van der Waals surface area contributed by atoms with Gasteiger partial charge in [0, 0.05) is 11.5 Å². The van der Waals surface area contributed by atoms with Crippen molar-refractivity contribution in [2.24, 2.45) is 5.92 Å². The van der Waals surface area contributed by atoms with Crippen molar-refractivity contribution in [2.75, 3.05) is 7.11 Å². The van der Waals surface area contributed by atoms with Crippen molar-refractivity contribution in [1.29, 1.82) is 0 Å². The average Bonchev–Trinajstić information content (AvgIpc) is 2.98. The fraction of sp³-hybridized carbons (Fsp3) is 0.360. The Morgan fingerprint density at radius 3 is 2.27 bits per heavy atom. The SMILES string of the molecule is COc1ccccc1CN1C(=O)C(O)=C(C(=O)C(C)C)C1c1ccc(C(C)C)cc1. The highest BCUT2D eigenvalue weighted by atomic mass is 16.5. The summed E-state index contributed by atoms with van der Waals surface area (Å²) in [6.07, 6.45) is 0. The van der Waals surface area contributed by atoms with E-state index in [9.17, 15) is 14.7 Å². The first-order valence-electron chi connectivity index (χ1n) is 10.3. The lowest BCUT2D eigenvalue weighted by Gasteiger charge is -2.28. The number of amides is 1. The molecule has 0 fully saturated rings. The predicted octanol–water partition coefficient (Wildman–Crippen LogP) is 4.94. The molecule has 5 nitrogen and oxygen atoms in total. The Labute approximate surface area is 178 Å². The van der Waals surface area contributed by atoms with Gasteiger partial charge in [-0.15, -0.1) is 0 Å². The first-order valence-corrected chi connectivity index (χ1v) is 10.3. The lowest BCUT2D eigenvalue weighted by atomic mass is 9.90. The van der Waals surface area contributed by atoms with Crippen LogP contribution in [0.1, 0.15) is 56.3 Å². The molecular formula is C25H29NO4. The van der Waals surface area contributed by atoms with Crippen molar-refractivity contribution in [3.05, 3.63) is 76.6 Å². The molecule has 0 bridgehead atoms. The molecule has 1 amide bonds. The van der Waals surface area contributed by atoms with Crippen LogP contribution in [0, 0.1) is 5.92 Å². The summed E-state index contributed by atoms with van der Waals surface area (Å²) in [4.78, 5) is 27.5. The summed E-state index contributed by atoms with van der Waals surface area (Å²) in [6.45, 7) is 7.99. The number of aliphatic hydroxyl groups excluding tert-OH is 1. The molecule has 0 radical (unpaired) electrons. The number of Topliss-reactive ketones (excluding diaryl/α,β-unsaturated/α-hetero) is 1. The average molecular weight is 408 g/mol. The van der Waals surface area contributed by atoms with Crippen molar-refractivity contribution in [3.8, 4) is 5.75 Å². The second-order valence-electron chi connectivity index (χ2n) is 8.25. The zero-order chi connectivity index (χ0) is 22.0. The molecule has 1 N–H and O–H groups in total. The Morgan fingerprint density at radius 2 is 1.70 bits per heavy atom. The van der Waals surface area contributed by atoms with Crippen LogP contribution >= 0.6 is 0 Å². The van der Waals surface area contributed by atoms with Crippen molar-refractivity contribution in [3.63, 3.8) is 0 Å². The minimum absolute atomic E-state index is 0.169. The third kappa shape index (κ3) is 3.97. The molecule has 5 heteroatoms. The Balaban J connectivity index is 2.08. The molecule has 1 unspecified atom stereocenters. The highest BCUT2D eigenvalue weighted by Crippen LogP contribution is 2.40. The Hall–Kier alpha value is -3.08. The largest absolute Gasteiger partial charge is 0.503 e. The molecule has 2 aromatic carbocycles. The van der Waals surface area contributed by atoms with Crippen LogP contribution in [-0.2, 0) is 16.1 Å². The molecule has 3 rings (SSSR count). The summed E-state index contributed by atoms with van der Waals surface area (Å²) in [5.74, 6) is -0.527. The monoisotopic (exact) mass is 407 g/mol. The first-order chi connectivity index (χ1) is 14.3. The number of para-hydroxylation sites is 1. The number of ketones is 1. The lowest BCUT2D eigenvalue weighted by molar-refractivity contribution is -0.130. The van der Waals surface area contributed by atoms with E-state index < -0.39 is 17.7 Å². The molecule has 1 heterocycles. The van der Waals surface area contributed by atoms with E-state index in [0.29, 0.717) is 11.7 Å². The summed E-state index contributed by atoms with van der Waals surface area (Å²) >= 11 is 0. The molecule has 1 atom stereocenters. The van der Waals surface area contributed by atoms with E-state index in [0.717, 1.165) is 11.1 Å². The highest BCUT2D eigenvalue weighted by Gasteiger charge is 2.44. The van der Waals surface area contributed by atoms with Gasteiger partial charge in [0.15, 0.2) is 11.5 Å². The van der Waals surface area contributed by atoms with Crippen LogP contribution in [-0.4, -0.2) is 28.8 Å². The third-order valence-corrected chi connectivity index (χ3v) is 5.55. The maximum absolute atomic E-state index is 13.0. The second-order valence-corrected chi connectivity index (χ2v) is 8.25. The molecule has 2 aromatic rings. The van der Waals surface area contributed by atoms with E-state index in [2.05, 4.69) is 13.8 Å². The topological polar surface area (TPSA) is 66.8 Å². The zero-order valence-corrected chi connectivity index (χ0v) is 18.2. The quantitative estimate of drug-likeness (QED) is 0.706. The number of hydrogen-bond donors (Lipinski definition) is 1. The van der Waals surface area contributed by atoms with Gasteiger partial charge in [0.25, 0.3) is 5.91 Å². The molecule has 0 saturated carbocycles. The van der Waals surface area contributed by atoms with Gasteiger partial charge < -0.3 is 14.7 Å². The number of carbonyl (C=O) groups excluding carboxylic acids is 2. The smallest absolute Gasteiger partial charge is 0.290 e. The number of methoxy groups -OCH3 is 1. The highest BCUT2D eigenvalue weighted by molar-refractivity contribution is 6.09. The van der Waals surface area contributed by atoms with E-state index in [1.54, 1.807) is 25.9 Å². The van der Waals surface area contributed by atoms with Crippen molar-refractivity contribution < 1.29 is 19.4 Å². The van der Waals surface area contributed by atoms with E-state index >= 15 is 0 Å². The maximum atomic E-state index is 13.0. The normalized spacial score (nSPS) is 16.7. The van der Waals surface area contributed by atoms with Gasteiger partial charge >= 0.3 is 0 Å². The number of ether oxygens (including phenoxy) is 1. The summed E-state index contributed by atoms with van der Waals surface area (Å²) in [5.41, 5.74) is 2.95. The van der Waals surface area contributed by atoms with E-state index in [-0.39, 0.29) is 23.8 Å². The van der Waals surface area contributed by atoms with Gasteiger partial charge in [-0.3, -0.25) is 9.59 Å². The number of hydrogen-bond acceptors (Lipinski definition) is 4. The molecule has 0 aromatic heterocycles. The van der Waals surface area contributed by atoms with Crippen molar-refractivity contribution >= 4 is 11.7 Å². The number of nitrogens with zero attached hydrogens (tertiary/aromatic N) is 1. The van der Waals surface area contributed by atoms with Gasteiger partial charge in [0.05, 0.1) is 25.3 Å². The van der Waals surface area contributed by atoms with Crippen LogP contribution in [0.2, 0.25) is 0 Å². The van der Waals surface area contributed by atoms with Crippen LogP contribution in [0.3, 0.4) is 0 Å². The first kappa shape index (κ1) is 21.6. The molecule has 0 aliphatic carbocycles. The maximum Gasteiger partial charge on any atom is 0.290 e. The zero-order valence-electron chi connectivity index (χ0n) is 18.2. The van der Waals surface area contributed by atoms with Crippen molar-refractivity contribution in [2.45, 2.75) is 46.2 Å². The van der Waals surface area contributed by atoms with E-state index in [1.165, 1.54) is 5.56 Å². The van der Waals surface area contributed by atoms with Crippen LogP contribution in [0.25, 0.3) is 0 Å². The third-order valence-electron chi connectivity index (χ3n) is 5.55. The number of aliphatic hydroxyl groups is 1.